The van der Waals surface area contributed by atoms with Crippen LogP contribution in [0.1, 0.15) is 39.5 Å². The van der Waals surface area contributed by atoms with E-state index < -0.39 is 6.10 Å². The molecule has 0 heterocycles. The molecule has 0 fully saturated rings. The minimum atomic E-state index is -0.787. The Kier molecular flexibility index (Phi) is 10.5. The summed E-state index contributed by atoms with van der Waals surface area (Å²) in [5.41, 5.74) is 0. The lowest BCUT2D eigenvalue weighted by Gasteiger charge is -2.14. The number of aliphatic hydroxyl groups is 1. The summed E-state index contributed by atoms with van der Waals surface area (Å²) >= 11 is 5.92. The number of ether oxygens (including phenoxy) is 2. The van der Waals surface area contributed by atoms with Crippen molar-refractivity contribution in [3.63, 3.8) is 0 Å². The molecule has 3 atom stereocenters. The van der Waals surface area contributed by atoms with Crippen molar-refractivity contribution in [3.8, 4) is 5.75 Å². The second-order valence-electron chi connectivity index (χ2n) is 7.80. The van der Waals surface area contributed by atoms with E-state index in [1.807, 2.05) is 38.2 Å². The Morgan fingerprint density at radius 2 is 2.10 bits per heavy atom. The van der Waals surface area contributed by atoms with E-state index in [4.69, 9.17) is 21.1 Å². The highest BCUT2D eigenvalue weighted by Gasteiger charge is 2.27. The van der Waals surface area contributed by atoms with Crippen LogP contribution in [-0.4, -0.2) is 35.7 Å². The SMILES string of the molecule is CC(C)OC(=O)CCCC=CC[C@H]1C(=O)C=C[C@@H]1C=C[C@@H](O)COc1cccc(Cl)c1. The number of carbonyl (C=O) groups excluding carboxylic acids is 2. The fourth-order valence-electron chi connectivity index (χ4n) is 3.22. The molecule has 0 aromatic heterocycles. The second kappa shape index (κ2) is 13.1. The maximum absolute atomic E-state index is 12.2. The standard InChI is InChI=1S/C25H31ClO5/c1-18(2)31-25(29)11-6-4-3-5-10-23-19(13-15-24(23)28)12-14-21(27)17-30-22-9-7-8-20(26)16-22/h3,5,7-9,12-16,18-19,21,23,27H,4,6,10-11,17H2,1-2H3/t19-,21+,23+/m0/s1. The Balaban J connectivity index is 1.73. The third-order valence-corrected chi connectivity index (χ3v) is 5.00. The molecule has 0 amide bonds. The lowest BCUT2D eigenvalue weighted by Crippen LogP contribution is -2.17. The topological polar surface area (TPSA) is 72.8 Å². The number of rotatable bonds is 12. The van der Waals surface area contributed by atoms with Crippen molar-refractivity contribution < 1.29 is 24.2 Å². The molecular weight excluding hydrogens is 416 g/mol. The maximum Gasteiger partial charge on any atom is 0.306 e. The molecule has 31 heavy (non-hydrogen) atoms. The average Bonchev–Trinajstić information content (AvgIpc) is 3.06. The fraction of sp³-hybridized carbons (Fsp3) is 0.440. The summed E-state index contributed by atoms with van der Waals surface area (Å²) in [6.07, 6.45) is 12.6. The zero-order valence-corrected chi connectivity index (χ0v) is 18.8. The number of benzene rings is 1. The highest BCUT2D eigenvalue weighted by molar-refractivity contribution is 6.30. The Hall–Kier alpha value is -2.37. The zero-order chi connectivity index (χ0) is 22.6. The molecule has 6 heteroatoms. The number of aliphatic hydroxyl groups excluding tert-OH is 1. The van der Waals surface area contributed by atoms with E-state index in [9.17, 15) is 14.7 Å². The van der Waals surface area contributed by atoms with Crippen molar-refractivity contribution >= 4 is 23.4 Å². The van der Waals surface area contributed by atoms with Gasteiger partial charge in [0.15, 0.2) is 5.78 Å². The monoisotopic (exact) mass is 446 g/mol. The van der Waals surface area contributed by atoms with Crippen LogP contribution in [0.4, 0.5) is 0 Å². The largest absolute Gasteiger partial charge is 0.491 e. The Morgan fingerprint density at radius 3 is 2.84 bits per heavy atom. The summed E-state index contributed by atoms with van der Waals surface area (Å²) < 4.78 is 10.6. The molecule has 1 aromatic rings. The van der Waals surface area contributed by atoms with Crippen LogP contribution in [0.15, 0.2) is 60.7 Å². The van der Waals surface area contributed by atoms with Gasteiger partial charge >= 0.3 is 5.97 Å². The van der Waals surface area contributed by atoms with Gasteiger partial charge in [0, 0.05) is 23.3 Å². The van der Waals surface area contributed by atoms with Crippen molar-refractivity contribution in [1.29, 1.82) is 0 Å². The first-order valence-corrected chi connectivity index (χ1v) is 11.0. The molecular formula is C25H31ClO5. The van der Waals surface area contributed by atoms with Gasteiger partial charge in [-0.25, -0.2) is 0 Å². The molecule has 1 aromatic carbocycles. The van der Waals surface area contributed by atoms with Gasteiger partial charge in [-0.2, -0.15) is 0 Å². The molecule has 168 valence electrons. The Morgan fingerprint density at radius 1 is 1.29 bits per heavy atom. The first kappa shape index (κ1) is 24.9. The number of unbranched alkanes of at least 4 members (excludes halogenated alkanes) is 1. The lowest BCUT2D eigenvalue weighted by molar-refractivity contribution is -0.147. The Bertz CT molecular complexity index is 812. The number of ketones is 1. The van der Waals surface area contributed by atoms with Gasteiger partial charge in [0.25, 0.3) is 0 Å². The molecule has 0 saturated carbocycles. The molecule has 0 bridgehead atoms. The minimum absolute atomic E-state index is 0.0565. The van der Waals surface area contributed by atoms with Gasteiger partial charge in [0.05, 0.1) is 6.10 Å². The van der Waals surface area contributed by atoms with Crippen molar-refractivity contribution in [2.45, 2.75) is 51.7 Å². The van der Waals surface area contributed by atoms with Crippen LogP contribution in [0.5, 0.6) is 5.75 Å². The van der Waals surface area contributed by atoms with E-state index in [1.165, 1.54) is 0 Å². The van der Waals surface area contributed by atoms with Gasteiger partial charge in [-0.05, 0) is 57.4 Å². The van der Waals surface area contributed by atoms with Crippen molar-refractivity contribution in [1.82, 2.24) is 0 Å². The number of hydrogen-bond donors (Lipinski definition) is 1. The van der Waals surface area contributed by atoms with Crippen molar-refractivity contribution in [2.75, 3.05) is 6.61 Å². The highest BCUT2D eigenvalue weighted by Crippen LogP contribution is 2.27. The minimum Gasteiger partial charge on any atom is -0.491 e. The van der Waals surface area contributed by atoms with Gasteiger partial charge in [-0.3, -0.25) is 9.59 Å². The molecule has 0 saturated heterocycles. The van der Waals surface area contributed by atoms with E-state index in [-0.39, 0.29) is 36.3 Å². The van der Waals surface area contributed by atoms with E-state index in [0.717, 1.165) is 12.8 Å². The van der Waals surface area contributed by atoms with Crippen molar-refractivity contribution in [3.05, 3.63) is 65.7 Å². The fourth-order valence-corrected chi connectivity index (χ4v) is 3.40. The number of hydrogen-bond acceptors (Lipinski definition) is 5. The van der Waals surface area contributed by atoms with Crippen LogP contribution >= 0.6 is 11.6 Å². The summed E-state index contributed by atoms with van der Waals surface area (Å²) in [5.74, 6) is 0.279. The molecule has 1 aliphatic carbocycles. The van der Waals surface area contributed by atoms with Crippen LogP contribution in [0.3, 0.4) is 0 Å². The van der Waals surface area contributed by atoms with Crippen LogP contribution in [-0.2, 0) is 14.3 Å². The van der Waals surface area contributed by atoms with E-state index in [0.29, 0.717) is 23.6 Å². The molecule has 0 radical (unpaired) electrons. The third kappa shape index (κ3) is 9.53. The molecule has 0 unspecified atom stereocenters. The summed E-state index contributed by atoms with van der Waals surface area (Å²) in [4.78, 5) is 23.7. The van der Waals surface area contributed by atoms with Gasteiger partial charge in [-0.1, -0.05) is 48.0 Å². The van der Waals surface area contributed by atoms with E-state index in [1.54, 1.807) is 36.4 Å². The predicted octanol–water partition coefficient (Wildman–Crippen LogP) is 5.08. The first-order valence-electron chi connectivity index (χ1n) is 10.7. The van der Waals surface area contributed by atoms with E-state index >= 15 is 0 Å². The molecule has 0 aliphatic heterocycles. The quantitative estimate of drug-likeness (QED) is 0.275. The number of esters is 1. The Labute approximate surface area is 189 Å². The predicted molar refractivity (Wildman–Crippen MR) is 122 cm³/mol. The zero-order valence-electron chi connectivity index (χ0n) is 18.1. The maximum atomic E-state index is 12.2. The molecule has 0 spiro atoms. The molecule has 1 aliphatic rings. The van der Waals surface area contributed by atoms with Crippen LogP contribution in [0.2, 0.25) is 5.02 Å². The summed E-state index contributed by atoms with van der Waals surface area (Å²) in [5, 5.41) is 10.7. The first-order chi connectivity index (χ1) is 14.8. The summed E-state index contributed by atoms with van der Waals surface area (Å²) in [6, 6.07) is 7.00. The van der Waals surface area contributed by atoms with Crippen LogP contribution in [0, 0.1) is 11.8 Å². The second-order valence-corrected chi connectivity index (χ2v) is 8.24. The highest BCUT2D eigenvalue weighted by atomic mass is 35.5. The third-order valence-electron chi connectivity index (χ3n) is 4.76. The number of carbonyl (C=O) groups is 2. The van der Waals surface area contributed by atoms with Gasteiger partial charge < -0.3 is 14.6 Å². The molecule has 1 N–H and O–H groups in total. The van der Waals surface area contributed by atoms with E-state index in [2.05, 4.69) is 0 Å². The van der Waals surface area contributed by atoms with Gasteiger partial charge in [0.1, 0.15) is 18.5 Å². The van der Waals surface area contributed by atoms with Crippen LogP contribution < -0.4 is 4.74 Å². The normalized spacial score (nSPS) is 19.6. The van der Waals surface area contributed by atoms with Gasteiger partial charge in [0.2, 0.25) is 0 Å². The average molecular weight is 447 g/mol. The van der Waals surface area contributed by atoms with Gasteiger partial charge in [-0.15, -0.1) is 0 Å². The molecule has 2 rings (SSSR count). The summed E-state index contributed by atoms with van der Waals surface area (Å²) in [7, 11) is 0. The number of allylic oxidation sites excluding steroid dienone is 5. The molecule has 5 nitrogen and oxygen atoms in total. The number of halogens is 1. The van der Waals surface area contributed by atoms with Crippen molar-refractivity contribution in [2.24, 2.45) is 11.8 Å². The smallest absolute Gasteiger partial charge is 0.306 e. The summed E-state index contributed by atoms with van der Waals surface area (Å²) in [6.45, 7) is 3.77. The van der Waals surface area contributed by atoms with Crippen LogP contribution in [0.25, 0.3) is 0 Å². The lowest BCUT2D eigenvalue weighted by atomic mass is 9.90.